The maximum atomic E-state index is 13.0. The van der Waals surface area contributed by atoms with Gasteiger partial charge in [-0.3, -0.25) is 14.2 Å². The van der Waals surface area contributed by atoms with Crippen LogP contribution in [0.15, 0.2) is 30.4 Å². The number of hydrogen-bond donors (Lipinski definition) is 1. The van der Waals surface area contributed by atoms with Gasteiger partial charge in [0.25, 0.3) is 0 Å². The summed E-state index contributed by atoms with van der Waals surface area (Å²) in [5.41, 5.74) is 6.91. The molecule has 0 aromatic carbocycles. The van der Waals surface area contributed by atoms with E-state index in [4.69, 9.17) is 17.3 Å². The summed E-state index contributed by atoms with van der Waals surface area (Å²) < 4.78 is 1.68. The molecule has 1 aliphatic carbocycles. The van der Waals surface area contributed by atoms with Crippen LogP contribution in [0.2, 0.25) is 5.15 Å². The first-order valence-electron chi connectivity index (χ1n) is 9.10. The highest BCUT2D eigenvalue weighted by molar-refractivity contribution is 6.29. The number of rotatable bonds is 6. The number of carbonyl (C=O) groups is 2. The Bertz CT molecular complexity index is 876. The number of imidazole rings is 1. The fourth-order valence-corrected chi connectivity index (χ4v) is 3.48. The molecule has 0 radical (unpaired) electrons. The first-order chi connectivity index (χ1) is 13.0. The average Bonchev–Trinajstić information content (AvgIpc) is 3.20. The van der Waals surface area contributed by atoms with Gasteiger partial charge in [-0.25, -0.2) is 15.0 Å². The predicted molar refractivity (Wildman–Crippen MR) is 102 cm³/mol. The van der Waals surface area contributed by atoms with Crippen molar-refractivity contribution in [1.82, 2.24) is 19.5 Å². The molecule has 1 aliphatic rings. The van der Waals surface area contributed by atoms with Crippen molar-refractivity contribution < 1.29 is 9.59 Å². The third kappa shape index (κ3) is 4.24. The summed E-state index contributed by atoms with van der Waals surface area (Å²) >= 11 is 6.14. The lowest BCUT2D eigenvalue weighted by atomic mass is 9.81. The van der Waals surface area contributed by atoms with Crippen LogP contribution in [-0.4, -0.2) is 31.1 Å². The summed E-state index contributed by atoms with van der Waals surface area (Å²) in [6.07, 6.45) is 8.86. The van der Waals surface area contributed by atoms with E-state index in [1.54, 1.807) is 29.4 Å². The van der Waals surface area contributed by atoms with E-state index in [9.17, 15) is 9.59 Å². The van der Waals surface area contributed by atoms with Crippen LogP contribution >= 0.6 is 11.6 Å². The second kappa shape index (κ2) is 8.43. The molecule has 2 aromatic rings. The summed E-state index contributed by atoms with van der Waals surface area (Å²) in [6, 6.07) is 1.59. The molecule has 1 fully saturated rings. The number of hydrogen-bond acceptors (Lipinski definition) is 6. The molecule has 2 heterocycles. The molecule has 0 aliphatic heterocycles. The molecule has 7 nitrogen and oxygen atoms in total. The first-order valence-corrected chi connectivity index (χ1v) is 9.48. The van der Waals surface area contributed by atoms with Gasteiger partial charge in [-0.2, -0.15) is 0 Å². The van der Waals surface area contributed by atoms with E-state index >= 15 is 0 Å². The van der Waals surface area contributed by atoms with Gasteiger partial charge in [-0.05, 0) is 19.3 Å². The zero-order valence-corrected chi connectivity index (χ0v) is 15.9. The van der Waals surface area contributed by atoms with Gasteiger partial charge in [-0.15, -0.1) is 0 Å². The highest BCUT2D eigenvalue weighted by atomic mass is 35.5. The van der Waals surface area contributed by atoms with Crippen LogP contribution < -0.4 is 5.73 Å². The summed E-state index contributed by atoms with van der Waals surface area (Å²) in [6.45, 7) is 1.96. The molecular weight excluding hydrogens is 366 g/mol. The minimum absolute atomic E-state index is 0.00114. The number of allylic oxidation sites excluding steroid dienone is 1. The van der Waals surface area contributed by atoms with Crippen molar-refractivity contribution in [3.8, 4) is 5.82 Å². The molecule has 0 unspecified atom stereocenters. The second-order valence-electron chi connectivity index (χ2n) is 6.61. The third-order valence-electron chi connectivity index (χ3n) is 4.68. The normalized spacial score (nSPS) is 18.3. The number of aromatic nitrogens is 4. The molecule has 142 valence electrons. The number of Topliss-reactive ketones (excluding diaryl/α,β-unsaturated/α-hetero) is 2. The Morgan fingerprint density at radius 1 is 1.37 bits per heavy atom. The van der Waals surface area contributed by atoms with Gasteiger partial charge in [0.1, 0.15) is 23.1 Å². The Morgan fingerprint density at radius 2 is 2.19 bits per heavy atom. The number of ketones is 2. The van der Waals surface area contributed by atoms with Crippen molar-refractivity contribution in [3.63, 3.8) is 0 Å². The molecule has 3 rings (SSSR count). The maximum absolute atomic E-state index is 13.0. The van der Waals surface area contributed by atoms with Crippen LogP contribution in [0.3, 0.4) is 0 Å². The molecular formula is C19H22ClN5O2. The van der Waals surface area contributed by atoms with Crippen LogP contribution in [0.25, 0.3) is 11.5 Å². The van der Waals surface area contributed by atoms with E-state index in [1.807, 2.05) is 6.92 Å². The van der Waals surface area contributed by atoms with Crippen LogP contribution in [0.5, 0.6) is 0 Å². The molecule has 0 amide bonds. The van der Waals surface area contributed by atoms with Gasteiger partial charge in [0.2, 0.25) is 0 Å². The molecule has 2 N–H and O–H groups in total. The average molecular weight is 388 g/mol. The number of nitrogens with two attached hydrogens (primary N) is 1. The molecule has 27 heavy (non-hydrogen) atoms. The van der Waals surface area contributed by atoms with Gasteiger partial charge in [0.15, 0.2) is 11.6 Å². The lowest BCUT2D eigenvalue weighted by Crippen LogP contribution is -2.29. The first kappa shape index (κ1) is 19.2. The lowest BCUT2D eigenvalue weighted by Gasteiger charge is -2.21. The number of nitrogens with zero attached hydrogens (tertiary/aromatic N) is 4. The Labute approximate surface area is 162 Å². The van der Waals surface area contributed by atoms with Gasteiger partial charge in [-0.1, -0.05) is 31.4 Å². The van der Waals surface area contributed by atoms with Crippen molar-refractivity contribution in [2.45, 2.75) is 45.4 Å². The summed E-state index contributed by atoms with van der Waals surface area (Å²) in [4.78, 5) is 37.9. The number of carbonyl (C=O) groups excluding carboxylic acids is 2. The van der Waals surface area contributed by atoms with E-state index < -0.39 is 5.92 Å². The predicted octanol–water partition coefficient (Wildman–Crippen LogP) is 3.11. The lowest BCUT2D eigenvalue weighted by molar-refractivity contribution is -0.132. The smallest absolute Gasteiger partial charge is 0.179 e. The quantitative estimate of drug-likeness (QED) is 0.464. The molecule has 0 saturated heterocycles. The standard InChI is InChI=1S/C19H22ClN5O2/c1-2-5-13(18(27)12-6-3-4-7-14(12)26)17(21)19-23-15(20)10-16(24-19)25-9-8-22-11-25/h8-12H,2-7,21H2,1H3/b17-13-/t12-/m0/s1. The second-order valence-corrected chi connectivity index (χ2v) is 7.00. The molecule has 1 atom stereocenters. The highest BCUT2D eigenvalue weighted by Crippen LogP contribution is 2.28. The van der Waals surface area contributed by atoms with E-state index in [1.165, 1.54) is 0 Å². The van der Waals surface area contributed by atoms with Gasteiger partial charge >= 0.3 is 0 Å². The van der Waals surface area contributed by atoms with Crippen molar-refractivity contribution >= 4 is 28.9 Å². The van der Waals surface area contributed by atoms with Crippen LogP contribution in [0, 0.1) is 5.92 Å². The van der Waals surface area contributed by atoms with Crippen molar-refractivity contribution in [2.75, 3.05) is 0 Å². The molecule has 0 spiro atoms. The molecule has 8 heteroatoms. The fourth-order valence-electron chi connectivity index (χ4n) is 3.30. The third-order valence-corrected chi connectivity index (χ3v) is 4.88. The van der Waals surface area contributed by atoms with E-state index in [0.717, 1.165) is 19.3 Å². The SMILES string of the molecule is CCC/C(C(=O)[C@H]1CCCCC1=O)=C(/N)c1nc(Cl)cc(-n2ccnc2)n1. The van der Waals surface area contributed by atoms with E-state index in [0.29, 0.717) is 30.7 Å². The van der Waals surface area contributed by atoms with Crippen molar-refractivity contribution in [2.24, 2.45) is 11.7 Å². The van der Waals surface area contributed by atoms with Crippen LogP contribution in [-0.2, 0) is 9.59 Å². The van der Waals surface area contributed by atoms with Crippen LogP contribution in [0.1, 0.15) is 51.3 Å². The minimum Gasteiger partial charge on any atom is -0.395 e. The zero-order valence-electron chi connectivity index (χ0n) is 15.2. The number of halogens is 1. The zero-order chi connectivity index (χ0) is 19.4. The van der Waals surface area contributed by atoms with Gasteiger partial charge in [0, 0.05) is 30.5 Å². The summed E-state index contributed by atoms with van der Waals surface area (Å²) in [5.74, 6) is -0.120. The summed E-state index contributed by atoms with van der Waals surface area (Å²) in [7, 11) is 0. The highest BCUT2D eigenvalue weighted by Gasteiger charge is 2.32. The van der Waals surface area contributed by atoms with Crippen LogP contribution in [0.4, 0.5) is 0 Å². The largest absolute Gasteiger partial charge is 0.395 e. The molecule has 1 saturated carbocycles. The Kier molecular flexibility index (Phi) is 6.01. The van der Waals surface area contributed by atoms with Crippen molar-refractivity contribution in [3.05, 3.63) is 41.3 Å². The van der Waals surface area contributed by atoms with Crippen molar-refractivity contribution in [1.29, 1.82) is 0 Å². The maximum Gasteiger partial charge on any atom is 0.179 e. The summed E-state index contributed by atoms with van der Waals surface area (Å²) in [5, 5.41) is 0.212. The van der Waals surface area contributed by atoms with Gasteiger partial charge in [0.05, 0.1) is 11.6 Å². The fraction of sp³-hybridized carbons (Fsp3) is 0.421. The van der Waals surface area contributed by atoms with E-state index in [2.05, 4.69) is 15.0 Å². The Hall–Kier alpha value is -2.54. The monoisotopic (exact) mass is 387 g/mol. The van der Waals surface area contributed by atoms with E-state index in [-0.39, 0.29) is 28.2 Å². The Morgan fingerprint density at radius 3 is 2.85 bits per heavy atom. The topological polar surface area (TPSA) is 104 Å². The Balaban J connectivity index is 2.02. The van der Waals surface area contributed by atoms with Gasteiger partial charge < -0.3 is 5.73 Å². The molecule has 0 bridgehead atoms. The minimum atomic E-state index is -0.605. The molecule has 2 aromatic heterocycles.